The van der Waals surface area contributed by atoms with Gasteiger partial charge in [-0.1, -0.05) is 24.1 Å². The molecule has 0 saturated heterocycles. The summed E-state index contributed by atoms with van der Waals surface area (Å²) < 4.78 is 0. The van der Waals surface area contributed by atoms with E-state index in [4.69, 9.17) is 11.6 Å². The van der Waals surface area contributed by atoms with Gasteiger partial charge in [0.1, 0.15) is 5.15 Å². The number of hydrogen-bond donors (Lipinski definition) is 0. The largest absolute Gasteiger partial charge is 0.299 e. The molecule has 1 aliphatic carbocycles. The van der Waals surface area contributed by atoms with E-state index in [0.29, 0.717) is 5.15 Å². The highest BCUT2D eigenvalue weighted by Crippen LogP contribution is 2.25. The van der Waals surface area contributed by atoms with E-state index in [1.807, 2.05) is 12.1 Å². The van der Waals surface area contributed by atoms with Crippen LogP contribution in [0.3, 0.4) is 0 Å². The van der Waals surface area contributed by atoms with Crippen molar-refractivity contribution in [2.75, 3.05) is 7.05 Å². The van der Waals surface area contributed by atoms with Gasteiger partial charge in [0.05, 0.1) is 0 Å². The summed E-state index contributed by atoms with van der Waals surface area (Å²) in [6, 6.07) is 4.74. The lowest BCUT2D eigenvalue weighted by Gasteiger charge is -2.34. The summed E-state index contributed by atoms with van der Waals surface area (Å²) in [6.07, 6.45) is 5.76. The second kappa shape index (κ2) is 4.28. The molecule has 0 N–H and O–H groups in total. The molecule has 0 unspecified atom stereocenters. The SMILES string of the molecule is CN(Cc1cccnc1Cl)C1CCC1. The fourth-order valence-corrected chi connectivity index (χ4v) is 1.94. The van der Waals surface area contributed by atoms with E-state index >= 15 is 0 Å². The van der Waals surface area contributed by atoms with E-state index < -0.39 is 0 Å². The van der Waals surface area contributed by atoms with Gasteiger partial charge in [0, 0.05) is 24.3 Å². The summed E-state index contributed by atoms with van der Waals surface area (Å²) in [5.74, 6) is 0. The molecule has 0 amide bonds. The summed E-state index contributed by atoms with van der Waals surface area (Å²) in [5, 5.41) is 0.638. The first-order valence-corrected chi connectivity index (χ1v) is 5.45. The highest BCUT2D eigenvalue weighted by molar-refractivity contribution is 6.30. The molecule has 0 atom stereocenters. The van der Waals surface area contributed by atoms with Gasteiger partial charge >= 0.3 is 0 Å². The predicted molar refractivity (Wildman–Crippen MR) is 58.4 cm³/mol. The summed E-state index contributed by atoms with van der Waals surface area (Å²) in [7, 11) is 2.16. The Kier molecular flexibility index (Phi) is 3.04. The van der Waals surface area contributed by atoms with Gasteiger partial charge in [-0.05, 0) is 26.0 Å². The molecule has 76 valence electrons. The van der Waals surface area contributed by atoms with Crippen molar-refractivity contribution in [2.24, 2.45) is 0 Å². The van der Waals surface area contributed by atoms with Crippen LogP contribution in [-0.4, -0.2) is 23.0 Å². The third-order valence-corrected chi connectivity index (χ3v) is 3.29. The summed E-state index contributed by atoms with van der Waals surface area (Å²) in [5.41, 5.74) is 1.13. The second-order valence-corrected chi connectivity index (χ2v) is 4.31. The summed E-state index contributed by atoms with van der Waals surface area (Å²) in [4.78, 5) is 6.44. The maximum absolute atomic E-state index is 6.00. The van der Waals surface area contributed by atoms with Crippen LogP contribution in [0.25, 0.3) is 0 Å². The van der Waals surface area contributed by atoms with Crippen molar-refractivity contribution in [1.29, 1.82) is 0 Å². The van der Waals surface area contributed by atoms with Crippen LogP contribution in [0.15, 0.2) is 18.3 Å². The number of halogens is 1. The topological polar surface area (TPSA) is 16.1 Å². The van der Waals surface area contributed by atoms with Crippen LogP contribution in [0.1, 0.15) is 24.8 Å². The molecule has 1 aliphatic rings. The number of pyridine rings is 1. The van der Waals surface area contributed by atoms with Crippen LogP contribution in [-0.2, 0) is 6.54 Å². The Bertz CT molecular complexity index is 310. The average Bonchev–Trinajstić information content (AvgIpc) is 2.05. The Morgan fingerprint density at radius 1 is 1.57 bits per heavy atom. The number of rotatable bonds is 3. The smallest absolute Gasteiger partial charge is 0.133 e. The van der Waals surface area contributed by atoms with Gasteiger partial charge in [-0.15, -0.1) is 0 Å². The molecule has 3 heteroatoms. The molecule has 1 fully saturated rings. The maximum atomic E-state index is 6.00. The van der Waals surface area contributed by atoms with E-state index in [1.165, 1.54) is 19.3 Å². The van der Waals surface area contributed by atoms with Crippen LogP contribution >= 0.6 is 11.6 Å². The first-order chi connectivity index (χ1) is 6.77. The van der Waals surface area contributed by atoms with Gasteiger partial charge < -0.3 is 0 Å². The molecule has 1 aromatic rings. The molecule has 0 bridgehead atoms. The molecular formula is C11H15ClN2. The minimum atomic E-state index is 0.638. The normalized spacial score (nSPS) is 17.1. The van der Waals surface area contributed by atoms with E-state index in [-0.39, 0.29) is 0 Å². The van der Waals surface area contributed by atoms with E-state index in [2.05, 4.69) is 16.9 Å². The van der Waals surface area contributed by atoms with Crippen molar-refractivity contribution < 1.29 is 0 Å². The zero-order valence-electron chi connectivity index (χ0n) is 8.41. The van der Waals surface area contributed by atoms with Crippen molar-refractivity contribution in [3.63, 3.8) is 0 Å². The predicted octanol–water partition coefficient (Wildman–Crippen LogP) is 2.72. The van der Waals surface area contributed by atoms with E-state index in [1.54, 1.807) is 6.20 Å². The monoisotopic (exact) mass is 210 g/mol. The van der Waals surface area contributed by atoms with Gasteiger partial charge in [-0.3, -0.25) is 4.90 Å². The lowest BCUT2D eigenvalue weighted by Crippen LogP contribution is -2.36. The van der Waals surface area contributed by atoms with Crippen molar-refractivity contribution >= 4 is 11.6 Å². The number of nitrogens with zero attached hydrogens (tertiary/aromatic N) is 2. The van der Waals surface area contributed by atoms with Crippen LogP contribution in [0.2, 0.25) is 5.15 Å². The highest BCUT2D eigenvalue weighted by atomic mass is 35.5. The molecule has 0 aromatic carbocycles. The Hall–Kier alpha value is -0.600. The molecule has 2 rings (SSSR count). The van der Waals surface area contributed by atoms with Crippen molar-refractivity contribution in [2.45, 2.75) is 31.8 Å². The third-order valence-electron chi connectivity index (χ3n) is 2.95. The van der Waals surface area contributed by atoms with Crippen molar-refractivity contribution in [3.05, 3.63) is 29.0 Å². The Morgan fingerprint density at radius 2 is 2.36 bits per heavy atom. The highest BCUT2D eigenvalue weighted by Gasteiger charge is 2.22. The zero-order chi connectivity index (χ0) is 9.97. The van der Waals surface area contributed by atoms with Crippen LogP contribution < -0.4 is 0 Å². The summed E-state index contributed by atoms with van der Waals surface area (Å²) in [6.45, 7) is 0.914. The fourth-order valence-electron chi connectivity index (χ4n) is 1.76. The minimum Gasteiger partial charge on any atom is -0.299 e. The first kappa shape index (κ1) is 9.94. The van der Waals surface area contributed by atoms with Gasteiger partial charge in [-0.2, -0.15) is 0 Å². The number of aromatic nitrogens is 1. The van der Waals surface area contributed by atoms with Crippen LogP contribution in [0.5, 0.6) is 0 Å². The zero-order valence-corrected chi connectivity index (χ0v) is 9.17. The number of hydrogen-bond acceptors (Lipinski definition) is 2. The second-order valence-electron chi connectivity index (χ2n) is 3.95. The molecule has 14 heavy (non-hydrogen) atoms. The van der Waals surface area contributed by atoms with Crippen molar-refractivity contribution in [1.82, 2.24) is 9.88 Å². The molecule has 0 spiro atoms. The van der Waals surface area contributed by atoms with Gasteiger partial charge in [-0.25, -0.2) is 4.98 Å². The first-order valence-electron chi connectivity index (χ1n) is 5.07. The minimum absolute atomic E-state index is 0.638. The van der Waals surface area contributed by atoms with Crippen LogP contribution in [0.4, 0.5) is 0 Å². The molecule has 0 aliphatic heterocycles. The third kappa shape index (κ3) is 2.07. The molecule has 1 heterocycles. The molecule has 1 aromatic heterocycles. The van der Waals surface area contributed by atoms with Gasteiger partial charge in [0.2, 0.25) is 0 Å². The van der Waals surface area contributed by atoms with Gasteiger partial charge in [0.25, 0.3) is 0 Å². The lowest BCUT2D eigenvalue weighted by molar-refractivity contribution is 0.152. The van der Waals surface area contributed by atoms with E-state index in [9.17, 15) is 0 Å². The molecule has 1 saturated carbocycles. The quantitative estimate of drug-likeness (QED) is 0.714. The van der Waals surface area contributed by atoms with Gasteiger partial charge in [0.15, 0.2) is 0 Å². The molecule has 0 radical (unpaired) electrons. The fraction of sp³-hybridized carbons (Fsp3) is 0.545. The lowest BCUT2D eigenvalue weighted by atomic mass is 9.92. The standard InChI is InChI=1S/C11H15ClN2/c1-14(10-5-2-6-10)8-9-4-3-7-13-11(9)12/h3-4,7,10H,2,5-6,8H2,1H3. The average molecular weight is 211 g/mol. The Morgan fingerprint density at radius 3 is 2.93 bits per heavy atom. The summed E-state index contributed by atoms with van der Waals surface area (Å²) >= 11 is 6.00. The van der Waals surface area contributed by atoms with Crippen LogP contribution in [0, 0.1) is 0 Å². The molecular weight excluding hydrogens is 196 g/mol. The maximum Gasteiger partial charge on any atom is 0.133 e. The van der Waals surface area contributed by atoms with E-state index in [0.717, 1.165) is 18.2 Å². The Balaban J connectivity index is 1.99. The van der Waals surface area contributed by atoms with Crippen molar-refractivity contribution in [3.8, 4) is 0 Å². The Labute approximate surface area is 89.9 Å². The molecule has 2 nitrogen and oxygen atoms in total.